The molecule has 0 amide bonds. The number of rotatable bonds is 5. The van der Waals surface area contributed by atoms with Crippen molar-refractivity contribution in [1.82, 2.24) is 5.32 Å². The number of nitrogens with one attached hydrogen (secondary N) is 1. The molecule has 1 nitrogen and oxygen atoms in total. The van der Waals surface area contributed by atoms with E-state index in [4.69, 9.17) is 0 Å². The van der Waals surface area contributed by atoms with E-state index >= 15 is 0 Å². The monoisotopic (exact) mass is 327 g/mol. The third-order valence-electron chi connectivity index (χ3n) is 2.80. The van der Waals surface area contributed by atoms with Crippen LogP contribution >= 0.6 is 27.3 Å². The first-order valence-corrected chi connectivity index (χ1v) is 7.46. The van der Waals surface area contributed by atoms with Crippen molar-refractivity contribution in [3.05, 3.63) is 55.9 Å². The van der Waals surface area contributed by atoms with Gasteiger partial charge in [-0.3, -0.25) is 0 Å². The minimum absolute atomic E-state index is 0.167. The highest BCUT2D eigenvalue weighted by atomic mass is 79.9. The predicted molar refractivity (Wildman–Crippen MR) is 78.6 cm³/mol. The molecular weight excluding hydrogens is 313 g/mol. The summed E-state index contributed by atoms with van der Waals surface area (Å²) in [4.78, 5) is 1.35. The Morgan fingerprint density at radius 1 is 1.28 bits per heavy atom. The van der Waals surface area contributed by atoms with Crippen molar-refractivity contribution >= 4 is 27.3 Å². The minimum atomic E-state index is -0.167. The Morgan fingerprint density at radius 3 is 2.83 bits per heavy atom. The average Bonchev–Trinajstić information content (AvgIpc) is 2.75. The number of hydrogen-bond acceptors (Lipinski definition) is 2. The molecule has 0 aliphatic rings. The van der Waals surface area contributed by atoms with Gasteiger partial charge in [-0.05, 0) is 64.7 Å². The quantitative estimate of drug-likeness (QED) is 0.808. The molecule has 0 saturated carbocycles. The van der Waals surface area contributed by atoms with Gasteiger partial charge in [-0.25, -0.2) is 4.39 Å². The Morgan fingerprint density at radius 2 is 2.11 bits per heavy atom. The SMILES string of the molecule is Cc1ccc(F)cc1CNCCc1ccc(Br)s1. The van der Waals surface area contributed by atoms with Crippen molar-refractivity contribution in [3.8, 4) is 0 Å². The molecule has 0 aliphatic carbocycles. The summed E-state index contributed by atoms with van der Waals surface area (Å²) in [5.41, 5.74) is 2.16. The van der Waals surface area contributed by atoms with E-state index in [1.807, 2.05) is 13.0 Å². The molecule has 0 radical (unpaired) electrons. The van der Waals surface area contributed by atoms with E-state index in [0.717, 1.165) is 30.6 Å². The van der Waals surface area contributed by atoms with E-state index in [-0.39, 0.29) is 5.82 Å². The number of benzene rings is 1. The van der Waals surface area contributed by atoms with Gasteiger partial charge in [-0.2, -0.15) is 0 Å². The van der Waals surface area contributed by atoms with Crippen LogP contribution in [0.25, 0.3) is 0 Å². The first kappa shape index (κ1) is 13.7. The van der Waals surface area contributed by atoms with Crippen molar-refractivity contribution in [2.75, 3.05) is 6.54 Å². The lowest BCUT2D eigenvalue weighted by atomic mass is 10.1. The second-order valence-corrected chi connectivity index (χ2v) is 6.75. The molecular formula is C14H15BrFNS. The third kappa shape index (κ3) is 3.90. The summed E-state index contributed by atoms with van der Waals surface area (Å²) < 4.78 is 14.3. The molecule has 1 N–H and O–H groups in total. The summed E-state index contributed by atoms with van der Waals surface area (Å²) >= 11 is 5.21. The van der Waals surface area contributed by atoms with Crippen LogP contribution < -0.4 is 5.32 Å². The van der Waals surface area contributed by atoms with Crippen molar-refractivity contribution in [2.24, 2.45) is 0 Å². The Balaban J connectivity index is 1.80. The van der Waals surface area contributed by atoms with E-state index in [0.29, 0.717) is 0 Å². The minimum Gasteiger partial charge on any atom is -0.312 e. The molecule has 0 unspecified atom stereocenters. The zero-order chi connectivity index (χ0) is 13.0. The molecule has 2 aromatic rings. The van der Waals surface area contributed by atoms with Gasteiger partial charge in [0.15, 0.2) is 0 Å². The Hall–Kier alpha value is -0.710. The van der Waals surface area contributed by atoms with Crippen LogP contribution in [0.2, 0.25) is 0 Å². The van der Waals surface area contributed by atoms with Crippen molar-refractivity contribution in [1.29, 1.82) is 0 Å². The van der Waals surface area contributed by atoms with E-state index < -0.39 is 0 Å². The fraction of sp³-hybridized carbons (Fsp3) is 0.286. The maximum atomic E-state index is 13.1. The molecule has 0 fully saturated rings. The summed E-state index contributed by atoms with van der Waals surface area (Å²) in [6.07, 6.45) is 1.00. The fourth-order valence-corrected chi connectivity index (χ4v) is 3.23. The molecule has 18 heavy (non-hydrogen) atoms. The largest absolute Gasteiger partial charge is 0.312 e. The summed E-state index contributed by atoms with van der Waals surface area (Å²) in [5.74, 6) is -0.167. The molecule has 0 spiro atoms. The summed E-state index contributed by atoms with van der Waals surface area (Å²) in [6, 6.07) is 9.12. The van der Waals surface area contributed by atoms with Gasteiger partial charge in [0.05, 0.1) is 3.79 Å². The normalized spacial score (nSPS) is 10.8. The molecule has 1 aromatic carbocycles. The summed E-state index contributed by atoms with van der Waals surface area (Å²) in [7, 11) is 0. The van der Waals surface area contributed by atoms with Crippen molar-refractivity contribution < 1.29 is 4.39 Å². The summed E-state index contributed by atoms with van der Waals surface area (Å²) in [6.45, 7) is 3.63. The smallest absolute Gasteiger partial charge is 0.123 e. The lowest BCUT2D eigenvalue weighted by molar-refractivity contribution is 0.619. The standard InChI is InChI=1S/C14H15BrFNS/c1-10-2-3-12(16)8-11(10)9-17-7-6-13-4-5-14(15)18-13/h2-5,8,17H,6-7,9H2,1H3. The highest BCUT2D eigenvalue weighted by Gasteiger charge is 2.01. The predicted octanol–water partition coefficient (Wildman–Crippen LogP) is 4.29. The van der Waals surface area contributed by atoms with Crippen LogP contribution in [0.15, 0.2) is 34.1 Å². The van der Waals surface area contributed by atoms with Gasteiger partial charge in [0, 0.05) is 18.0 Å². The van der Waals surface area contributed by atoms with Gasteiger partial charge < -0.3 is 5.32 Å². The molecule has 0 atom stereocenters. The molecule has 0 saturated heterocycles. The van der Waals surface area contributed by atoms with E-state index in [9.17, 15) is 4.39 Å². The second-order valence-electron chi connectivity index (χ2n) is 4.20. The van der Waals surface area contributed by atoms with Crippen molar-refractivity contribution in [3.63, 3.8) is 0 Å². The zero-order valence-corrected chi connectivity index (χ0v) is 12.6. The second kappa shape index (κ2) is 6.45. The first-order chi connectivity index (χ1) is 8.65. The zero-order valence-electron chi connectivity index (χ0n) is 10.2. The van der Waals surface area contributed by atoms with E-state index in [2.05, 4.69) is 33.4 Å². The highest BCUT2D eigenvalue weighted by molar-refractivity contribution is 9.11. The first-order valence-electron chi connectivity index (χ1n) is 5.85. The number of halogens is 2. The van der Waals surface area contributed by atoms with Crippen LogP contribution in [0.4, 0.5) is 4.39 Å². The number of hydrogen-bond donors (Lipinski definition) is 1. The molecule has 96 valence electrons. The Labute approximate surface area is 119 Å². The van der Waals surface area contributed by atoms with Gasteiger partial charge >= 0.3 is 0 Å². The molecule has 2 rings (SSSR count). The molecule has 4 heteroatoms. The van der Waals surface area contributed by atoms with Gasteiger partial charge in [0.25, 0.3) is 0 Å². The maximum Gasteiger partial charge on any atom is 0.123 e. The maximum absolute atomic E-state index is 13.1. The highest BCUT2D eigenvalue weighted by Crippen LogP contribution is 2.22. The topological polar surface area (TPSA) is 12.0 Å². The van der Waals surface area contributed by atoms with E-state index in [1.54, 1.807) is 17.4 Å². The molecule has 1 aromatic heterocycles. The van der Waals surface area contributed by atoms with Crippen molar-refractivity contribution in [2.45, 2.75) is 19.9 Å². The Bertz CT molecular complexity index is 524. The third-order valence-corrected chi connectivity index (χ3v) is 4.49. The van der Waals surface area contributed by atoms with Gasteiger partial charge in [0.1, 0.15) is 5.82 Å². The van der Waals surface area contributed by atoms with Crippen LogP contribution in [-0.4, -0.2) is 6.54 Å². The lowest BCUT2D eigenvalue weighted by Crippen LogP contribution is -2.17. The van der Waals surface area contributed by atoms with Crippen LogP contribution in [0.3, 0.4) is 0 Å². The number of thiophene rings is 1. The van der Waals surface area contributed by atoms with Crippen LogP contribution in [-0.2, 0) is 13.0 Å². The molecule has 0 bridgehead atoms. The summed E-state index contributed by atoms with van der Waals surface area (Å²) in [5, 5.41) is 3.35. The molecule has 1 heterocycles. The van der Waals surface area contributed by atoms with Gasteiger partial charge in [-0.1, -0.05) is 6.07 Å². The van der Waals surface area contributed by atoms with Crippen LogP contribution in [0, 0.1) is 12.7 Å². The lowest BCUT2D eigenvalue weighted by Gasteiger charge is -2.07. The van der Waals surface area contributed by atoms with Gasteiger partial charge in [-0.15, -0.1) is 11.3 Å². The van der Waals surface area contributed by atoms with E-state index in [1.165, 1.54) is 14.7 Å². The van der Waals surface area contributed by atoms with Crippen LogP contribution in [0.1, 0.15) is 16.0 Å². The van der Waals surface area contributed by atoms with Gasteiger partial charge in [0.2, 0.25) is 0 Å². The number of aryl methyl sites for hydroxylation is 1. The average molecular weight is 328 g/mol. The fourth-order valence-electron chi connectivity index (χ4n) is 1.75. The Kier molecular flexibility index (Phi) is 4.92. The van der Waals surface area contributed by atoms with Crippen LogP contribution in [0.5, 0.6) is 0 Å². The molecule has 0 aliphatic heterocycles.